The minimum absolute atomic E-state index is 0.645. The average molecular weight is 256 g/mol. The SMILES string of the molecule is Nc1snnc1-c1ccccc1Br. The summed E-state index contributed by atoms with van der Waals surface area (Å²) in [4.78, 5) is 0. The van der Waals surface area contributed by atoms with Crippen LogP contribution in [0.4, 0.5) is 5.00 Å². The van der Waals surface area contributed by atoms with Gasteiger partial charge < -0.3 is 5.73 Å². The Balaban J connectivity index is 2.59. The molecule has 0 amide bonds. The number of nitrogens with zero attached hydrogens (tertiary/aromatic N) is 2. The summed E-state index contributed by atoms with van der Waals surface area (Å²) in [6.07, 6.45) is 0. The number of anilines is 1. The van der Waals surface area contributed by atoms with Gasteiger partial charge in [-0.15, -0.1) is 5.10 Å². The van der Waals surface area contributed by atoms with Crippen LogP contribution >= 0.6 is 27.5 Å². The number of benzene rings is 1. The third kappa shape index (κ3) is 1.57. The Hall–Kier alpha value is -0.940. The van der Waals surface area contributed by atoms with Crippen molar-refractivity contribution in [3.05, 3.63) is 28.7 Å². The quantitative estimate of drug-likeness (QED) is 0.853. The highest BCUT2D eigenvalue weighted by molar-refractivity contribution is 9.10. The molecule has 0 atom stereocenters. The second-order valence-electron chi connectivity index (χ2n) is 2.47. The fraction of sp³-hybridized carbons (Fsp3) is 0. The van der Waals surface area contributed by atoms with Gasteiger partial charge in [-0.1, -0.05) is 38.6 Å². The second kappa shape index (κ2) is 3.43. The molecule has 1 aromatic carbocycles. The van der Waals surface area contributed by atoms with Crippen LogP contribution in [0.25, 0.3) is 11.3 Å². The molecule has 2 rings (SSSR count). The van der Waals surface area contributed by atoms with Gasteiger partial charge in [0.2, 0.25) is 0 Å². The smallest absolute Gasteiger partial charge is 0.135 e. The van der Waals surface area contributed by atoms with Gasteiger partial charge in [-0.2, -0.15) is 0 Å². The molecular formula is C8H6BrN3S. The number of hydrogen-bond acceptors (Lipinski definition) is 4. The highest BCUT2D eigenvalue weighted by Crippen LogP contribution is 2.31. The molecule has 0 radical (unpaired) electrons. The number of rotatable bonds is 1. The van der Waals surface area contributed by atoms with Crippen LogP contribution in [-0.4, -0.2) is 9.59 Å². The van der Waals surface area contributed by atoms with Gasteiger partial charge in [-0.05, 0) is 6.07 Å². The van der Waals surface area contributed by atoms with Crippen molar-refractivity contribution in [2.24, 2.45) is 0 Å². The summed E-state index contributed by atoms with van der Waals surface area (Å²) < 4.78 is 4.77. The van der Waals surface area contributed by atoms with E-state index in [0.29, 0.717) is 5.00 Å². The first-order valence-electron chi connectivity index (χ1n) is 3.62. The normalized spacial score (nSPS) is 10.2. The van der Waals surface area contributed by atoms with Crippen molar-refractivity contribution in [2.75, 3.05) is 5.73 Å². The minimum atomic E-state index is 0.645. The van der Waals surface area contributed by atoms with Crippen LogP contribution in [0.3, 0.4) is 0 Å². The van der Waals surface area contributed by atoms with E-state index >= 15 is 0 Å². The predicted molar refractivity (Wildman–Crippen MR) is 57.5 cm³/mol. The lowest BCUT2D eigenvalue weighted by atomic mass is 10.2. The summed E-state index contributed by atoms with van der Waals surface area (Å²) in [5.41, 5.74) is 7.44. The zero-order valence-electron chi connectivity index (χ0n) is 6.57. The van der Waals surface area contributed by atoms with Crippen LogP contribution in [0.5, 0.6) is 0 Å². The van der Waals surface area contributed by atoms with Crippen LogP contribution in [0.1, 0.15) is 0 Å². The van der Waals surface area contributed by atoms with Gasteiger partial charge in [0.05, 0.1) is 0 Å². The van der Waals surface area contributed by atoms with E-state index in [0.717, 1.165) is 15.7 Å². The highest BCUT2D eigenvalue weighted by atomic mass is 79.9. The molecule has 0 bridgehead atoms. The van der Waals surface area contributed by atoms with E-state index in [-0.39, 0.29) is 0 Å². The van der Waals surface area contributed by atoms with E-state index in [4.69, 9.17) is 5.73 Å². The van der Waals surface area contributed by atoms with Crippen LogP contribution in [0.2, 0.25) is 0 Å². The summed E-state index contributed by atoms with van der Waals surface area (Å²) in [6.45, 7) is 0. The molecule has 0 saturated heterocycles. The maximum Gasteiger partial charge on any atom is 0.135 e. The third-order valence-electron chi connectivity index (χ3n) is 1.64. The van der Waals surface area contributed by atoms with Crippen molar-refractivity contribution in [1.29, 1.82) is 0 Å². The van der Waals surface area contributed by atoms with Crippen molar-refractivity contribution in [1.82, 2.24) is 9.59 Å². The molecule has 2 N–H and O–H groups in total. The fourth-order valence-electron chi connectivity index (χ4n) is 1.04. The van der Waals surface area contributed by atoms with Gasteiger partial charge >= 0.3 is 0 Å². The van der Waals surface area contributed by atoms with Crippen molar-refractivity contribution < 1.29 is 0 Å². The van der Waals surface area contributed by atoms with Gasteiger partial charge in [0.15, 0.2) is 0 Å². The van der Waals surface area contributed by atoms with Gasteiger partial charge in [0, 0.05) is 21.6 Å². The van der Waals surface area contributed by atoms with Crippen LogP contribution in [-0.2, 0) is 0 Å². The zero-order valence-corrected chi connectivity index (χ0v) is 8.97. The Labute approximate surface area is 87.9 Å². The Morgan fingerprint density at radius 3 is 2.69 bits per heavy atom. The molecule has 0 spiro atoms. The summed E-state index contributed by atoms with van der Waals surface area (Å²) in [7, 11) is 0. The molecule has 1 heterocycles. The summed E-state index contributed by atoms with van der Waals surface area (Å²) >= 11 is 4.64. The average Bonchev–Trinajstić information content (AvgIpc) is 2.52. The van der Waals surface area contributed by atoms with E-state index in [9.17, 15) is 0 Å². The number of aromatic nitrogens is 2. The van der Waals surface area contributed by atoms with E-state index in [1.165, 1.54) is 11.5 Å². The molecule has 5 heteroatoms. The third-order valence-corrected chi connectivity index (χ3v) is 2.89. The topological polar surface area (TPSA) is 51.8 Å². The second-order valence-corrected chi connectivity index (χ2v) is 4.11. The maximum absolute atomic E-state index is 5.71. The molecule has 66 valence electrons. The molecule has 0 aliphatic heterocycles. The summed E-state index contributed by atoms with van der Waals surface area (Å²) in [5.74, 6) is 0. The number of nitrogen functional groups attached to an aromatic ring is 1. The standard InChI is InChI=1S/C8H6BrN3S/c9-6-4-2-1-3-5(6)7-8(10)13-12-11-7/h1-4H,10H2. The Morgan fingerprint density at radius 2 is 2.08 bits per heavy atom. The molecule has 0 aliphatic rings. The van der Waals surface area contributed by atoms with Crippen molar-refractivity contribution >= 4 is 32.5 Å². The first-order chi connectivity index (χ1) is 6.29. The molecule has 3 nitrogen and oxygen atoms in total. The molecule has 0 aliphatic carbocycles. The van der Waals surface area contributed by atoms with Crippen LogP contribution < -0.4 is 5.73 Å². The minimum Gasteiger partial charge on any atom is -0.387 e. The molecule has 1 aromatic heterocycles. The van der Waals surface area contributed by atoms with Crippen molar-refractivity contribution in [2.45, 2.75) is 0 Å². The Kier molecular flexibility index (Phi) is 2.28. The molecule has 13 heavy (non-hydrogen) atoms. The molecular weight excluding hydrogens is 250 g/mol. The molecule has 2 aromatic rings. The Morgan fingerprint density at radius 1 is 1.31 bits per heavy atom. The summed E-state index contributed by atoms with van der Waals surface area (Å²) in [6, 6.07) is 7.80. The van der Waals surface area contributed by atoms with Gasteiger partial charge in [0.25, 0.3) is 0 Å². The fourth-order valence-corrected chi connectivity index (χ4v) is 1.96. The van der Waals surface area contributed by atoms with Gasteiger partial charge in [-0.25, -0.2) is 0 Å². The predicted octanol–water partition coefficient (Wildman–Crippen LogP) is 2.55. The van der Waals surface area contributed by atoms with Crippen LogP contribution in [0, 0.1) is 0 Å². The monoisotopic (exact) mass is 255 g/mol. The lowest BCUT2D eigenvalue weighted by Gasteiger charge is -1.99. The lowest BCUT2D eigenvalue weighted by molar-refractivity contribution is 1.16. The van der Waals surface area contributed by atoms with Crippen molar-refractivity contribution in [3.63, 3.8) is 0 Å². The van der Waals surface area contributed by atoms with Crippen molar-refractivity contribution in [3.8, 4) is 11.3 Å². The first-order valence-corrected chi connectivity index (χ1v) is 5.18. The molecule has 0 unspecified atom stereocenters. The van der Waals surface area contributed by atoms with Gasteiger partial charge in [-0.3, -0.25) is 0 Å². The summed E-state index contributed by atoms with van der Waals surface area (Å²) in [5, 5.41) is 4.61. The van der Waals surface area contributed by atoms with E-state index < -0.39 is 0 Å². The van der Waals surface area contributed by atoms with Crippen LogP contribution in [0.15, 0.2) is 28.7 Å². The highest BCUT2D eigenvalue weighted by Gasteiger charge is 2.09. The number of halogens is 1. The number of hydrogen-bond donors (Lipinski definition) is 1. The van der Waals surface area contributed by atoms with E-state index in [1.807, 2.05) is 24.3 Å². The maximum atomic E-state index is 5.71. The molecule has 0 fully saturated rings. The van der Waals surface area contributed by atoms with Gasteiger partial charge in [0.1, 0.15) is 10.7 Å². The zero-order chi connectivity index (χ0) is 9.26. The lowest BCUT2D eigenvalue weighted by Crippen LogP contribution is -1.86. The van der Waals surface area contributed by atoms with E-state index in [1.54, 1.807) is 0 Å². The Bertz CT molecular complexity index is 427. The first kappa shape index (κ1) is 8.65. The largest absolute Gasteiger partial charge is 0.387 e. The molecule has 0 saturated carbocycles. The van der Waals surface area contributed by atoms with E-state index in [2.05, 4.69) is 25.5 Å². The number of nitrogens with two attached hydrogens (primary N) is 1.